The lowest BCUT2D eigenvalue weighted by Crippen LogP contribution is -2.22. The van der Waals surface area contributed by atoms with Crippen molar-refractivity contribution in [2.75, 3.05) is 18.4 Å². The molecule has 0 aliphatic carbocycles. The van der Waals surface area contributed by atoms with Crippen molar-refractivity contribution in [3.63, 3.8) is 0 Å². The molecule has 1 aliphatic heterocycles. The van der Waals surface area contributed by atoms with E-state index < -0.39 is 0 Å². The molecule has 0 radical (unpaired) electrons. The van der Waals surface area contributed by atoms with Crippen LogP contribution in [-0.4, -0.2) is 39.2 Å². The van der Waals surface area contributed by atoms with Gasteiger partial charge in [-0.2, -0.15) is 0 Å². The van der Waals surface area contributed by atoms with Gasteiger partial charge in [-0.15, -0.1) is 0 Å². The summed E-state index contributed by atoms with van der Waals surface area (Å²) in [4.78, 5) is 11.2. The molecule has 0 saturated carbocycles. The van der Waals surface area contributed by atoms with Crippen LogP contribution in [0.2, 0.25) is 0 Å². The summed E-state index contributed by atoms with van der Waals surface area (Å²) in [7, 11) is 0. The highest BCUT2D eigenvalue weighted by atomic mass is 16.3. The number of nitrogens with one attached hydrogen (secondary N) is 1. The van der Waals surface area contributed by atoms with Crippen LogP contribution >= 0.6 is 0 Å². The first-order valence-corrected chi connectivity index (χ1v) is 8.13. The lowest BCUT2D eigenvalue weighted by molar-refractivity contribution is 0.174. The van der Waals surface area contributed by atoms with Crippen molar-refractivity contribution in [2.45, 2.75) is 39.5 Å². The van der Waals surface area contributed by atoms with E-state index in [2.05, 4.69) is 44.5 Å². The Kier molecular flexibility index (Phi) is 4.88. The summed E-state index contributed by atoms with van der Waals surface area (Å²) in [5.41, 5.74) is 4.39. The maximum Gasteiger partial charge on any atom is 0.148 e. The molecule has 1 atom stereocenters. The number of hydrogen-bond acceptors (Lipinski definition) is 5. The average molecular weight is 312 g/mol. The third-order valence-corrected chi connectivity index (χ3v) is 4.28. The molecule has 1 aromatic carbocycles. The summed E-state index contributed by atoms with van der Waals surface area (Å²) < 4.78 is 0. The van der Waals surface area contributed by atoms with E-state index in [1.165, 1.54) is 11.1 Å². The van der Waals surface area contributed by atoms with E-state index in [-0.39, 0.29) is 6.10 Å². The Morgan fingerprint density at radius 2 is 2.04 bits per heavy atom. The number of aliphatic hydroxyl groups is 1. The minimum Gasteiger partial charge on any atom is -0.392 e. The number of anilines is 1. The number of aryl methyl sites for hydroxylation is 2. The summed E-state index contributed by atoms with van der Waals surface area (Å²) in [5.74, 6) is 0.844. The maximum atomic E-state index is 9.69. The van der Waals surface area contributed by atoms with Crippen LogP contribution in [0.5, 0.6) is 0 Å². The molecule has 1 fully saturated rings. The Morgan fingerprint density at radius 1 is 1.26 bits per heavy atom. The normalized spacial score (nSPS) is 18.3. The third kappa shape index (κ3) is 4.06. The minimum absolute atomic E-state index is 0.175. The van der Waals surface area contributed by atoms with Gasteiger partial charge < -0.3 is 10.4 Å². The van der Waals surface area contributed by atoms with Crippen LogP contribution in [0.3, 0.4) is 0 Å². The number of likely N-dealkylation sites (tertiary alicyclic amines) is 1. The zero-order valence-corrected chi connectivity index (χ0v) is 13.8. The zero-order valence-electron chi connectivity index (χ0n) is 13.8. The molecule has 1 aromatic heterocycles. The van der Waals surface area contributed by atoms with Crippen molar-refractivity contribution >= 4 is 5.82 Å². The molecular weight excluding hydrogens is 288 g/mol. The van der Waals surface area contributed by atoms with E-state index in [1.807, 2.05) is 13.8 Å². The molecule has 5 nitrogen and oxygen atoms in total. The Hall–Kier alpha value is -1.98. The summed E-state index contributed by atoms with van der Waals surface area (Å²) >= 11 is 0. The Bertz CT molecular complexity index is 674. The molecule has 1 saturated heterocycles. The number of aliphatic hydroxyl groups excluding tert-OH is 1. The van der Waals surface area contributed by atoms with Gasteiger partial charge in [-0.25, -0.2) is 4.98 Å². The molecular formula is C18H24N4O. The van der Waals surface area contributed by atoms with Gasteiger partial charge in [0.15, 0.2) is 0 Å². The van der Waals surface area contributed by atoms with Gasteiger partial charge in [0.1, 0.15) is 5.82 Å². The van der Waals surface area contributed by atoms with Crippen LogP contribution in [0.15, 0.2) is 30.5 Å². The van der Waals surface area contributed by atoms with Gasteiger partial charge in [-0.1, -0.05) is 24.3 Å². The molecule has 0 amide bonds. The first kappa shape index (κ1) is 15.9. The van der Waals surface area contributed by atoms with Crippen LogP contribution in [0.25, 0.3) is 0 Å². The Morgan fingerprint density at radius 3 is 2.78 bits per heavy atom. The monoisotopic (exact) mass is 312 g/mol. The summed E-state index contributed by atoms with van der Waals surface area (Å²) in [6.45, 7) is 7.26. The van der Waals surface area contributed by atoms with Crippen LogP contribution in [0, 0.1) is 13.8 Å². The predicted molar refractivity (Wildman–Crippen MR) is 91.2 cm³/mol. The highest BCUT2D eigenvalue weighted by Gasteiger charge is 2.20. The quantitative estimate of drug-likeness (QED) is 0.887. The topological polar surface area (TPSA) is 61.3 Å². The van der Waals surface area contributed by atoms with Crippen molar-refractivity contribution < 1.29 is 5.11 Å². The van der Waals surface area contributed by atoms with Crippen LogP contribution < -0.4 is 5.32 Å². The summed E-state index contributed by atoms with van der Waals surface area (Å²) in [6.07, 6.45) is 2.48. The van der Waals surface area contributed by atoms with Gasteiger partial charge >= 0.3 is 0 Å². The summed E-state index contributed by atoms with van der Waals surface area (Å²) in [5, 5.41) is 13.1. The van der Waals surface area contributed by atoms with Crippen molar-refractivity contribution in [3.8, 4) is 0 Å². The predicted octanol–water partition coefficient (Wildman–Crippen LogP) is 2.27. The maximum absolute atomic E-state index is 9.69. The molecule has 0 bridgehead atoms. The number of benzene rings is 1. The SMILES string of the molecule is Cc1cnc(C)c(NCc2ccccc2CN2CC[C@H](O)C2)n1. The molecule has 5 heteroatoms. The zero-order chi connectivity index (χ0) is 16.2. The van der Waals surface area contributed by atoms with Crippen LogP contribution in [0.1, 0.15) is 28.9 Å². The van der Waals surface area contributed by atoms with E-state index in [0.29, 0.717) is 0 Å². The minimum atomic E-state index is -0.175. The molecule has 23 heavy (non-hydrogen) atoms. The first-order chi connectivity index (χ1) is 11.1. The number of hydrogen-bond donors (Lipinski definition) is 2. The fourth-order valence-electron chi connectivity index (χ4n) is 2.96. The Balaban J connectivity index is 1.69. The van der Waals surface area contributed by atoms with Gasteiger partial charge in [0.05, 0.1) is 17.5 Å². The van der Waals surface area contributed by atoms with Gasteiger partial charge in [0.25, 0.3) is 0 Å². The second kappa shape index (κ2) is 7.06. The van der Waals surface area contributed by atoms with E-state index in [4.69, 9.17) is 0 Å². The fraction of sp³-hybridized carbons (Fsp3) is 0.444. The van der Waals surface area contributed by atoms with Crippen LogP contribution in [-0.2, 0) is 13.1 Å². The van der Waals surface area contributed by atoms with Gasteiger partial charge in [0, 0.05) is 32.4 Å². The molecule has 1 aliphatic rings. The Labute approximate surface area is 137 Å². The number of β-amino-alcohol motifs (C(OH)–C–C–N with tert-alkyl or cyclic N) is 1. The largest absolute Gasteiger partial charge is 0.392 e. The molecule has 122 valence electrons. The van der Waals surface area contributed by atoms with Gasteiger partial charge in [-0.05, 0) is 31.4 Å². The molecule has 2 aromatic rings. The average Bonchev–Trinajstić information content (AvgIpc) is 2.94. The highest BCUT2D eigenvalue weighted by Crippen LogP contribution is 2.18. The van der Waals surface area contributed by atoms with Crippen molar-refractivity contribution in [3.05, 3.63) is 53.0 Å². The van der Waals surface area contributed by atoms with E-state index in [9.17, 15) is 5.11 Å². The third-order valence-electron chi connectivity index (χ3n) is 4.28. The molecule has 3 rings (SSSR count). The second-order valence-electron chi connectivity index (χ2n) is 6.25. The van der Waals surface area contributed by atoms with Crippen molar-refractivity contribution in [1.29, 1.82) is 0 Å². The lowest BCUT2D eigenvalue weighted by atomic mass is 10.1. The van der Waals surface area contributed by atoms with Crippen molar-refractivity contribution in [1.82, 2.24) is 14.9 Å². The van der Waals surface area contributed by atoms with Gasteiger partial charge in [0.2, 0.25) is 0 Å². The molecule has 2 N–H and O–H groups in total. The highest BCUT2D eigenvalue weighted by molar-refractivity contribution is 5.41. The fourth-order valence-corrected chi connectivity index (χ4v) is 2.96. The summed E-state index contributed by atoms with van der Waals surface area (Å²) in [6, 6.07) is 8.45. The van der Waals surface area contributed by atoms with Crippen LogP contribution in [0.4, 0.5) is 5.82 Å². The van der Waals surface area contributed by atoms with Crippen molar-refractivity contribution in [2.24, 2.45) is 0 Å². The molecule has 2 heterocycles. The number of nitrogens with zero attached hydrogens (tertiary/aromatic N) is 3. The second-order valence-corrected chi connectivity index (χ2v) is 6.25. The van der Waals surface area contributed by atoms with Gasteiger partial charge in [-0.3, -0.25) is 9.88 Å². The molecule has 0 unspecified atom stereocenters. The molecule has 0 spiro atoms. The van der Waals surface area contributed by atoms with E-state index in [0.717, 1.165) is 49.8 Å². The number of rotatable bonds is 5. The van der Waals surface area contributed by atoms with E-state index in [1.54, 1.807) is 6.20 Å². The number of aromatic nitrogens is 2. The smallest absolute Gasteiger partial charge is 0.148 e. The standard InChI is InChI=1S/C18H24N4O/c1-13-9-19-14(2)18(21-13)20-10-15-5-3-4-6-16(15)11-22-8-7-17(23)12-22/h3-6,9,17,23H,7-8,10-12H2,1-2H3,(H,20,21)/t17-/m0/s1. The lowest BCUT2D eigenvalue weighted by Gasteiger charge is -2.18. The first-order valence-electron chi connectivity index (χ1n) is 8.13. The van der Waals surface area contributed by atoms with E-state index >= 15 is 0 Å².